The molecule has 0 atom stereocenters. The molecule has 1 aliphatic heterocycles. The lowest BCUT2D eigenvalue weighted by Gasteiger charge is -2.09. The molecule has 0 radical (unpaired) electrons. The van der Waals surface area contributed by atoms with Crippen LogP contribution in [0.1, 0.15) is 17.4 Å². The first kappa shape index (κ1) is 10.0. The van der Waals surface area contributed by atoms with Gasteiger partial charge in [0.2, 0.25) is 0 Å². The third-order valence-corrected chi connectivity index (χ3v) is 2.89. The van der Waals surface area contributed by atoms with Crippen molar-refractivity contribution in [1.82, 2.24) is 9.78 Å². The van der Waals surface area contributed by atoms with E-state index in [0.717, 1.165) is 28.9 Å². The molecule has 2 aromatic rings. The number of nitrogens with zero attached hydrogens (tertiary/aromatic N) is 2. The molecule has 0 bridgehead atoms. The van der Waals surface area contributed by atoms with Gasteiger partial charge in [-0.25, -0.2) is 4.68 Å². The predicted octanol–water partition coefficient (Wildman–Crippen LogP) is 2.69. The number of benzene rings is 1. The van der Waals surface area contributed by atoms with Crippen LogP contribution >= 0.6 is 0 Å². The predicted molar refractivity (Wildman–Crippen MR) is 65.8 cm³/mol. The summed E-state index contributed by atoms with van der Waals surface area (Å²) in [6.45, 7) is 1.97. The maximum atomic E-state index is 11.8. The van der Waals surface area contributed by atoms with Gasteiger partial charge in [-0.1, -0.05) is 35.9 Å². The lowest BCUT2D eigenvalue weighted by molar-refractivity contribution is 0.0946. The van der Waals surface area contributed by atoms with Crippen molar-refractivity contribution in [3.8, 4) is 11.3 Å². The molecule has 0 unspecified atom stereocenters. The molecule has 0 N–H and O–H groups in total. The highest BCUT2D eigenvalue weighted by Crippen LogP contribution is 2.22. The molecule has 0 amide bonds. The molecule has 1 aromatic heterocycles. The second kappa shape index (κ2) is 3.70. The SMILES string of the molecule is CC1=CC(=O)n2nc(-c3ccccc3)cc2C1. The quantitative estimate of drug-likeness (QED) is 0.746. The van der Waals surface area contributed by atoms with E-state index in [0.29, 0.717) is 0 Å². The van der Waals surface area contributed by atoms with Gasteiger partial charge < -0.3 is 0 Å². The van der Waals surface area contributed by atoms with Gasteiger partial charge in [0, 0.05) is 18.1 Å². The van der Waals surface area contributed by atoms with Crippen molar-refractivity contribution >= 4 is 5.91 Å². The Morgan fingerprint density at radius 2 is 2.00 bits per heavy atom. The van der Waals surface area contributed by atoms with Crippen LogP contribution in [-0.4, -0.2) is 15.7 Å². The highest BCUT2D eigenvalue weighted by Gasteiger charge is 2.18. The Balaban J connectivity index is 2.08. The van der Waals surface area contributed by atoms with Crippen molar-refractivity contribution in [2.75, 3.05) is 0 Å². The Labute approximate surface area is 99.4 Å². The summed E-state index contributed by atoms with van der Waals surface area (Å²) < 4.78 is 1.50. The van der Waals surface area contributed by atoms with Gasteiger partial charge in [0.25, 0.3) is 5.91 Å². The fourth-order valence-electron chi connectivity index (χ4n) is 2.10. The van der Waals surface area contributed by atoms with Gasteiger partial charge in [-0.15, -0.1) is 0 Å². The van der Waals surface area contributed by atoms with Crippen LogP contribution in [0.25, 0.3) is 11.3 Å². The third kappa shape index (κ3) is 1.69. The highest BCUT2D eigenvalue weighted by molar-refractivity contribution is 5.92. The first-order chi connectivity index (χ1) is 8.24. The molecular weight excluding hydrogens is 212 g/mol. The zero-order chi connectivity index (χ0) is 11.8. The van der Waals surface area contributed by atoms with Crippen LogP contribution < -0.4 is 0 Å². The minimum Gasteiger partial charge on any atom is -0.267 e. The van der Waals surface area contributed by atoms with Crippen LogP contribution in [0.5, 0.6) is 0 Å². The number of fused-ring (bicyclic) bond motifs is 1. The van der Waals surface area contributed by atoms with E-state index in [-0.39, 0.29) is 5.91 Å². The number of hydrogen-bond acceptors (Lipinski definition) is 2. The third-order valence-electron chi connectivity index (χ3n) is 2.89. The van der Waals surface area contributed by atoms with Crippen LogP contribution in [0.4, 0.5) is 0 Å². The summed E-state index contributed by atoms with van der Waals surface area (Å²) >= 11 is 0. The van der Waals surface area contributed by atoms with Crippen molar-refractivity contribution in [3.05, 3.63) is 53.7 Å². The Kier molecular flexibility index (Phi) is 2.18. The van der Waals surface area contributed by atoms with Crippen molar-refractivity contribution in [2.24, 2.45) is 0 Å². The number of allylic oxidation sites excluding steroid dienone is 2. The van der Waals surface area contributed by atoms with Crippen molar-refractivity contribution in [2.45, 2.75) is 13.3 Å². The Bertz CT molecular complexity index is 608. The molecule has 0 aliphatic carbocycles. The van der Waals surface area contributed by atoms with Crippen LogP contribution in [-0.2, 0) is 6.42 Å². The minimum absolute atomic E-state index is 0.0501. The van der Waals surface area contributed by atoms with Gasteiger partial charge >= 0.3 is 0 Å². The number of hydrogen-bond donors (Lipinski definition) is 0. The van der Waals surface area contributed by atoms with Crippen molar-refractivity contribution in [1.29, 1.82) is 0 Å². The van der Waals surface area contributed by atoms with E-state index >= 15 is 0 Å². The molecule has 17 heavy (non-hydrogen) atoms. The number of rotatable bonds is 1. The van der Waals surface area contributed by atoms with E-state index in [1.165, 1.54) is 4.68 Å². The minimum atomic E-state index is -0.0501. The lowest BCUT2D eigenvalue weighted by Crippen LogP contribution is -2.17. The van der Waals surface area contributed by atoms with E-state index < -0.39 is 0 Å². The van der Waals surface area contributed by atoms with Gasteiger partial charge in [0.05, 0.1) is 11.4 Å². The summed E-state index contributed by atoms with van der Waals surface area (Å²) in [7, 11) is 0. The molecule has 1 aromatic carbocycles. The maximum Gasteiger partial charge on any atom is 0.271 e. The van der Waals surface area contributed by atoms with E-state index in [2.05, 4.69) is 5.10 Å². The van der Waals surface area contributed by atoms with Crippen molar-refractivity contribution in [3.63, 3.8) is 0 Å². The van der Waals surface area contributed by atoms with Gasteiger partial charge in [0.1, 0.15) is 0 Å². The zero-order valence-electron chi connectivity index (χ0n) is 9.55. The van der Waals surface area contributed by atoms with Crippen LogP contribution in [0.2, 0.25) is 0 Å². The summed E-state index contributed by atoms with van der Waals surface area (Å²) in [5, 5.41) is 4.36. The van der Waals surface area contributed by atoms with Gasteiger partial charge in [0.15, 0.2) is 0 Å². The van der Waals surface area contributed by atoms with E-state index in [4.69, 9.17) is 0 Å². The molecular formula is C14H12N2O. The summed E-state index contributed by atoms with van der Waals surface area (Å²) in [6, 6.07) is 11.9. The second-order valence-electron chi connectivity index (χ2n) is 4.30. The Morgan fingerprint density at radius 3 is 2.76 bits per heavy atom. The zero-order valence-corrected chi connectivity index (χ0v) is 9.55. The molecule has 0 spiro atoms. The van der Waals surface area contributed by atoms with Gasteiger partial charge in [-0.05, 0) is 13.0 Å². The average Bonchev–Trinajstić information content (AvgIpc) is 2.74. The summed E-state index contributed by atoms with van der Waals surface area (Å²) in [5.41, 5.74) is 3.95. The Hall–Kier alpha value is -2.16. The average molecular weight is 224 g/mol. The number of carbonyl (C=O) groups excluding carboxylic acids is 1. The highest BCUT2D eigenvalue weighted by atomic mass is 16.2. The summed E-state index contributed by atoms with van der Waals surface area (Å²) in [4.78, 5) is 11.8. The first-order valence-corrected chi connectivity index (χ1v) is 5.60. The largest absolute Gasteiger partial charge is 0.271 e. The molecule has 0 saturated heterocycles. The molecule has 3 nitrogen and oxygen atoms in total. The number of carbonyl (C=O) groups is 1. The smallest absolute Gasteiger partial charge is 0.267 e. The summed E-state index contributed by atoms with van der Waals surface area (Å²) in [5.74, 6) is -0.0501. The molecule has 0 saturated carbocycles. The van der Waals surface area contributed by atoms with E-state index in [1.807, 2.05) is 43.3 Å². The topological polar surface area (TPSA) is 34.9 Å². The first-order valence-electron chi connectivity index (χ1n) is 5.60. The second-order valence-corrected chi connectivity index (χ2v) is 4.30. The van der Waals surface area contributed by atoms with Crippen LogP contribution in [0.3, 0.4) is 0 Å². The van der Waals surface area contributed by atoms with Gasteiger partial charge in [-0.2, -0.15) is 5.10 Å². The molecule has 2 heterocycles. The maximum absolute atomic E-state index is 11.8. The Morgan fingerprint density at radius 1 is 1.24 bits per heavy atom. The van der Waals surface area contributed by atoms with Crippen LogP contribution in [0.15, 0.2) is 48.0 Å². The monoisotopic (exact) mass is 224 g/mol. The molecule has 1 aliphatic rings. The van der Waals surface area contributed by atoms with Crippen molar-refractivity contribution < 1.29 is 4.79 Å². The van der Waals surface area contributed by atoms with E-state index in [1.54, 1.807) is 6.08 Å². The molecule has 84 valence electrons. The molecule has 3 rings (SSSR count). The fraction of sp³-hybridized carbons (Fsp3) is 0.143. The standard InChI is InChI=1S/C14H12N2O/c1-10-7-12-9-13(11-5-3-2-4-6-11)15-16(12)14(17)8-10/h2-6,8-9H,7H2,1H3. The fourth-order valence-corrected chi connectivity index (χ4v) is 2.10. The van der Waals surface area contributed by atoms with Crippen LogP contribution in [0, 0.1) is 0 Å². The summed E-state index contributed by atoms with van der Waals surface area (Å²) in [6.07, 6.45) is 2.44. The number of aromatic nitrogens is 2. The molecule has 3 heteroatoms. The lowest BCUT2D eigenvalue weighted by atomic mass is 10.1. The van der Waals surface area contributed by atoms with Gasteiger partial charge in [-0.3, -0.25) is 4.79 Å². The van der Waals surface area contributed by atoms with E-state index in [9.17, 15) is 4.79 Å². The molecule has 0 fully saturated rings. The normalized spacial score (nSPS) is 14.4.